The average molecular weight is 434 g/mol. The van der Waals surface area contributed by atoms with Crippen LogP contribution in [0.4, 0.5) is 0 Å². The van der Waals surface area contributed by atoms with Crippen LogP contribution in [0.3, 0.4) is 0 Å². The van der Waals surface area contributed by atoms with Crippen LogP contribution in [-0.4, -0.2) is 52.7 Å². The lowest BCUT2D eigenvalue weighted by Crippen LogP contribution is -2.44. The van der Waals surface area contributed by atoms with Crippen molar-refractivity contribution >= 4 is 23.7 Å². The SMILES string of the molecule is CC1CCN(C(=O)[C@@H](C)OC(=O)c2cccc(CN3C(=O)c4ccccc4C3=O)c2)CC1. The van der Waals surface area contributed by atoms with Crippen molar-refractivity contribution < 1.29 is 23.9 Å². The third-order valence-corrected chi connectivity index (χ3v) is 6.11. The van der Waals surface area contributed by atoms with Gasteiger partial charge in [-0.05, 0) is 55.5 Å². The quantitative estimate of drug-likeness (QED) is 0.533. The number of hydrogen-bond acceptors (Lipinski definition) is 5. The summed E-state index contributed by atoms with van der Waals surface area (Å²) in [6, 6.07) is 13.3. The minimum atomic E-state index is -0.879. The van der Waals surface area contributed by atoms with E-state index in [1.807, 2.05) is 0 Å². The van der Waals surface area contributed by atoms with Crippen molar-refractivity contribution in [3.8, 4) is 0 Å². The average Bonchev–Trinajstić information content (AvgIpc) is 3.04. The van der Waals surface area contributed by atoms with Gasteiger partial charge in [0.15, 0.2) is 6.10 Å². The zero-order valence-electron chi connectivity index (χ0n) is 18.2. The molecule has 0 N–H and O–H groups in total. The summed E-state index contributed by atoms with van der Waals surface area (Å²) in [6.45, 7) is 5.16. The highest BCUT2D eigenvalue weighted by Gasteiger charge is 2.35. The van der Waals surface area contributed by atoms with E-state index >= 15 is 0 Å². The Morgan fingerprint density at radius 3 is 2.25 bits per heavy atom. The zero-order valence-corrected chi connectivity index (χ0v) is 18.2. The van der Waals surface area contributed by atoms with Gasteiger partial charge in [-0.15, -0.1) is 0 Å². The Bertz CT molecular complexity index is 1040. The molecule has 166 valence electrons. The van der Waals surface area contributed by atoms with Crippen LogP contribution in [0.2, 0.25) is 0 Å². The molecular formula is C25H26N2O5. The summed E-state index contributed by atoms with van der Waals surface area (Å²) in [4.78, 5) is 53.4. The minimum absolute atomic E-state index is 0.0495. The Hall–Kier alpha value is -3.48. The Balaban J connectivity index is 1.41. The van der Waals surface area contributed by atoms with Crippen molar-refractivity contribution in [2.45, 2.75) is 39.3 Å². The van der Waals surface area contributed by atoms with Gasteiger partial charge in [0.05, 0.1) is 23.2 Å². The lowest BCUT2D eigenvalue weighted by Gasteiger charge is -2.31. The number of hydrogen-bond donors (Lipinski definition) is 0. The lowest BCUT2D eigenvalue weighted by molar-refractivity contribution is -0.141. The largest absolute Gasteiger partial charge is 0.449 e. The van der Waals surface area contributed by atoms with Crippen molar-refractivity contribution in [3.63, 3.8) is 0 Å². The van der Waals surface area contributed by atoms with Gasteiger partial charge >= 0.3 is 5.97 Å². The molecule has 0 aliphatic carbocycles. The zero-order chi connectivity index (χ0) is 22.8. The highest BCUT2D eigenvalue weighted by molar-refractivity contribution is 6.21. The number of carbonyl (C=O) groups is 4. The van der Waals surface area contributed by atoms with E-state index in [9.17, 15) is 19.2 Å². The Morgan fingerprint density at radius 1 is 1.00 bits per heavy atom. The highest BCUT2D eigenvalue weighted by Crippen LogP contribution is 2.24. The van der Waals surface area contributed by atoms with E-state index < -0.39 is 12.1 Å². The fourth-order valence-electron chi connectivity index (χ4n) is 4.13. The van der Waals surface area contributed by atoms with Crippen LogP contribution in [-0.2, 0) is 16.1 Å². The van der Waals surface area contributed by atoms with Crippen LogP contribution in [0.5, 0.6) is 0 Å². The topological polar surface area (TPSA) is 84.0 Å². The second-order valence-electron chi connectivity index (χ2n) is 8.50. The molecule has 2 aliphatic heterocycles. The first kappa shape index (κ1) is 21.7. The van der Waals surface area contributed by atoms with E-state index in [0.717, 1.165) is 12.8 Å². The highest BCUT2D eigenvalue weighted by atomic mass is 16.5. The number of carbonyl (C=O) groups excluding carboxylic acids is 4. The van der Waals surface area contributed by atoms with Crippen LogP contribution in [0, 0.1) is 5.92 Å². The maximum absolute atomic E-state index is 12.7. The van der Waals surface area contributed by atoms with Crippen molar-refractivity contribution in [2.24, 2.45) is 5.92 Å². The van der Waals surface area contributed by atoms with Gasteiger partial charge in [0.1, 0.15) is 0 Å². The fraction of sp³-hybridized carbons (Fsp3) is 0.360. The predicted molar refractivity (Wildman–Crippen MR) is 117 cm³/mol. The molecule has 0 aromatic heterocycles. The molecule has 2 aliphatic rings. The first-order chi connectivity index (χ1) is 15.3. The standard InChI is InChI=1S/C25H26N2O5/c1-16-10-12-26(13-11-16)22(28)17(2)32-25(31)19-7-5-6-18(14-19)15-27-23(29)20-8-3-4-9-21(20)24(27)30/h3-9,14,16-17H,10-13,15H2,1-2H3/t17-/m1/s1. The number of likely N-dealkylation sites (tertiary alicyclic amines) is 1. The fourth-order valence-corrected chi connectivity index (χ4v) is 4.13. The molecule has 2 aromatic rings. The smallest absolute Gasteiger partial charge is 0.338 e. The number of ether oxygens (including phenoxy) is 1. The monoisotopic (exact) mass is 434 g/mol. The van der Waals surface area contributed by atoms with Crippen molar-refractivity contribution in [1.29, 1.82) is 0 Å². The van der Waals surface area contributed by atoms with Crippen molar-refractivity contribution in [3.05, 3.63) is 70.8 Å². The number of nitrogens with zero attached hydrogens (tertiary/aromatic N) is 2. The summed E-state index contributed by atoms with van der Waals surface area (Å²) in [7, 11) is 0. The molecule has 0 bridgehead atoms. The normalized spacial score (nSPS) is 17.3. The minimum Gasteiger partial charge on any atom is -0.449 e. The first-order valence-electron chi connectivity index (χ1n) is 10.9. The number of piperidine rings is 1. The third kappa shape index (κ3) is 4.28. The van der Waals surface area contributed by atoms with Crippen LogP contribution in [0.1, 0.15) is 63.3 Å². The summed E-state index contributed by atoms with van der Waals surface area (Å²) in [5, 5.41) is 0. The summed E-state index contributed by atoms with van der Waals surface area (Å²) in [6.07, 6.45) is 1.02. The maximum atomic E-state index is 12.7. The number of rotatable bonds is 5. The predicted octanol–water partition coefficient (Wildman–Crippen LogP) is 3.29. The summed E-state index contributed by atoms with van der Waals surface area (Å²) < 4.78 is 5.42. The number of amides is 3. The van der Waals surface area contributed by atoms with Crippen LogP contribution in [0.25, 0.3) is 0 Å². The van der Waals surface area contributed by atoms with E-state index in [0.29, 0.717) is 35.7 Å². The Labute approximate surface area is 187 Å². The van der Waals surface area contributed by atoms with E-state index in [1.165, 1.54) is 4.90 Å². The van der Waals surface area contributed by atoms with Gasteiger partial charge in [-0.2, -0.15) is 0 Å². The van der Waals surface area contributed by atoms with Gasteiger partial charge in [0.25, 0.3) is 17.7 Å². The Morgan fingerprint density at radius 2 is 1.62 bits per heavy atom. The second kappa shape index (κ2) is 8.94. The molecule has 32 heavy (non-hydrogen) atoms. The van der Waals surface area contributed by atoms with Crippen molar-refractivity contribution in [2.75, 3.05) is 13.1 Å². The molecule has 0 radical (unpaired) electrons. The maximum Gasteiger partial charge on any atom is 0.338 e. The molecule has 0 spiro atoms. The molecule has 0 unspecified atom stereocenters. The molecule has 7 nitrogen and oxygen atoms in total. The van der Waals surface area contributed by atoms with E-state index in [1.54, 1.807) is 60.4 Å². The number of fused-ring (bicyclic) bond motifs is 1. The second-order valence-corrected chi connectivity index (χ2v) is 8.50. The summed E-state index contributed by atoms with van der Waals surface area (Å²) in [5.41, 5.74) is 1.66. The molecule has 2 aromatic carbocycles. The molecule has 1 atom stereocenters. The van der Waals surface area contributed by atoms with Gasteiger partial charge in [0, 0.05) is 13.1 Å². The van der Waals surface area contributed by atoms with Crippen LogP contribution in [0.15, 0.2) is 48.5 Å². The van der Waals surface area contributed by atoms with Gasteiger partial charge in [-0.1, -0.05) is 31.2 Å². The van der Waals surface area contributed by atoms with Crippen LogP contribution < -0.4 is 0 Å². The van der Waals surface area contributed by atoms with Gasteiger partial charge in [-0.3, -0.25) is 19.3 Å². The van der Waals surface area contributed by atoms with E-state index in [4.69, 9.17) is 4.74 Å². The number of esters is 1. The van der Waals surface area contributed by atoms with E-state index in [2.05, 4.69) is 6.92 Å². The molecule has 4 rings (SSSR count). The lowest BCUT2D eigenvalue weighted by atomic mass is 9.99. The van der Waals surface area contributed by atoms with Gasteiger partial charge in [-0.25, -0.2) is 4.79 Å². The molecule has 7 heteroatoms. The summed E-state index contributed by atoms with van der Waals surface area (Å²) in [5.74, 6) is -0.906. The molecule has 0 saturated carbocycles. The molecule has 3 amide bonds. The molecule has 2 heterocycles. The van der Waals surface area contributed by atoms with Crippen LogP contribution >= 0.6 is 0 Å². The molecular weight excluding hydrogens is 408 g/mol. The number of benzene rings is 2. The first-order valence-corrected chi connectivity index (χ1v) is 10.9. The molecule has 1 saturated heterocycles. The number of imide groups is 1. The van der Waals surface area contributed by atoms with E-state index in [-0.39, 0.29) is 29.8 Å². The van der Waals surface area contributed by atoms with Gasteiger partial charge in [0.2, 0.25) is 0 Å². The van der Waals surface area contributed by atoms with Gasteiger partial charge < -0.3 is 9.64 Å². The Kier molecular flexibility index (Phi) is 6.08. The van der Waals surface area contributed by atoms with Crippen molar-refractivity contribution in [1.82, 2.24) is 9.80 Å². The molecule has 1 fully saturated rings. The third-order valence-electron chi connectivity index (χ3n) is 6.11. The summed E-state index contributed by atoms with van der Waals surface area (Å²) >= 11 is 0.